The number of fused-ring (bicyclic) bond motifs is 1. The van der Waals surface area contributed by atoms with E-state index in [0.717, 1.165) is 11.3 Å². The second-order valence-electron chi connectivity index (χ2n) is 11.5. The lowest BCUT2D eigenvalue weighted by Crippen LogP contribution is -2.31. The van der Waals surface area contributed by atoms with Crippen molar-refractivity contribution in [2.24, 2.45) is 7.05 Å². The summed E-state index contributed by atoms with van der Waals surface area (Å²) in [5.74, 6) is 7.80. The van der Waals surface area contributed by atoms with Gasteiger partial charge < -0.3 is 15.2 Å². The van der Waals surface area contributed by atoms with Crippen LogP contribution in [-0.2, 0) is 18.4 Å². The number of rotatable bonds is 10. The molecule has 3 aromatic heterocycles. The van der Waals surface area contributed by atoms with Crippen LogP contribution in [0.15, 0.2) is 96.1 Å². The van der Waals surface area contributed by atoms with Gasteiger partial charge >= 0.3 is 0 Å². The lowest BCUT2D eigenvalue weighted by molar-refractivity contribution is 0.0938. The molecular weight excluding hydrogens is 604 g/mol. The average Bonchev–Trinajstić information content (AvgIpc) is 3.51. The van der Waals surface area contributed by atoms with Gasteiger partial charge in [0.05, 0.1) is 54.0 Å². The highest BCUT2D eigenvalue weighted by molar-refractivity contribution is 5.85. The van der Waals surface area contributed by atoms with E-state index in [2.05, 4.69) is 27.2 Å². The number of anilines is 1. The van der Waals surface area contributed by atoms with E-state index in [1.54, 1.807) is 15.4 Å². The van der Waals surface area contributed by atoms with Crippen LogP contribution in [-0.4, -0.2) is 42.1 Å². The predicted octanol–water partition coefficient (Wildman–Crippen LogP) is 5.17. The lowest BCUT2D eigenvalue weighted by atomic mass is 10.1. The quantitative estimate of drug-likeness (QED) is 0.118. The molecule has 11 heteroatoms. The number of aromatic nitrogens is 6. The van der Waals surface area contributed by atoms with Crippen LogP contribution in [0.3, 0.4) is 0 Å². The first kappa shape index (κ1) is 32.1. The molecule has 0 fully saturated rings. The standard InChI is InChI=1S/C37H36N8O3/c1-24(2)48-30-17-14-26(15-18-30)32-21-39-35(38)33(41-32)22-47-23-40-25(3)36-42-31-12-8-9-27(13-16-28-19-20-44(4)43-28)34(31)37(46)45(36)29-10-6-5-7-11-29/h5-12,14-15,17-21,24-25,40H,22-23H2,1-4H3,(H2,38,39)/t25-/m0/s1. The predicted molar refractivity (Wildman–Crippen MR) is 185 cm³/mol. The fourth-order valence-corrected chi connectivity index (χ4v) is 5.16. The van der Waals surface area contributed by atoms with E-state index in [9.17, 15) is 4.79 Å². The first-order valence-electron chi connectivity index (χ1n) is 15.6. The first-order valence-corrected chi connectivity index (χ1v) is 15.6. The number of nitrogens with two attached hydrogens (primary N) is 1. The number of para-hydroxylation sites is 1. The van der Waals surface area contributed by atoms with Crippen LogP contribution in [0.4, 0.5) is 5.82 Å². The Bertz CT molecular complexity index is 2160. The Kier molecular flexibility index (Phi) is 9.57. The molecular formula is C37H36N8O3. The molecule has 0 aliphatic heterocycles. The van der Waals surface area contributed by atoms with Crippen molar-refractivity contribution in [1.82, 2.24) is 34.6 Å². The third-order valence-electron chi connectivity index (χ3n) is 7.49. The molecule has 0 spiro atoms. The van der Waals surface area contributed by atoms with Gasteiger partial charge in [-0.3, -0.25) is 19.4 Å². The molecule has 0 radical (unpaired) electrons. The molecule has 0 amide bonds. The zero-order valence-electron chi connectivity index (χ0n) is 27.2. The topological polar surface area (TPSA) is 135 Å². The zero-order chi connectivity index (χ0) is 33.6. The molecule has 1 atom stereocenters. The highest BCUT2D eigenvalue weighted by atomic mass is 16.5. The van der Waals surface area contributed by atoms with Gasteiger partial charge in [-0.1, -0.05) is 30.2 Å². The third kappa shape index (κ3) is 7.25. The van der Waals surface area contributed by atoms with Gasteiger partial charge in [0.15, 0.2) is 0 Å². The van der Waals surface area contributed by atoms with Crippen molar-refractivity contribution in [2.75, 3.05) is 12.5 Å². The number of aryl methyl sites for hydroxylation is 1. The number of ether oxygens (including phenoxy) is 2. The highest BCUT2D eigenvalue weighted by Crippen LogP contribution is 2.23. The molecule has 0 aliphatic carbocycles. The molecule has 0 aliphatic rings. The van der Waals surface area contributed by atoms with Crippen LogP contribution in [0.1, 0.15) is 49.6 Å². The van der Waals surface area contributed by atoms with Crippen LogP contribution in [0.5, 0.6) is 5.75 Å². The van der Waals surface area contributed by atoms with E-state index in [0.29, 0.717) is 50.9 Å². The Morgan fingerprint density at radius 3 is 2.46 bits per heavy atom. The maximum absolute atomic E-state index is 14.2. The van der Waals surface area contributed by atoms with Gasteiger partial charge in [-0.2, -0.15) is 5.10 Å². The molecule has 3 aromatic carbocycles. The summed E-state index contributed by atoms with van der Waals surface area (Å²) in [6, 6.07) is 24.1. The van der Waals surface area contributed by atoms with Crippen molar-refractivity contribution in [3.63, 3.8) is 0 Å². The maximum atomic E-state index is 14.2. The number of nitrogen functional groups attached to an aromatic ring is 1. The van der Waals surface area contributed by atoms with Crippen LogP contribution < -0.4 is 21.3 Å². The fourth-order valence-electron chi connectivity index (χ4n) is 5.16. The fraction of sp³-hybridized carbons (Fsp3) is 0.216. The summed E-state index contributed by atoms with van der Waals surface area (Å²) in [6.45, 7) is 6.18. The van der Waals surface area contributed by atoms with Crippen molar-refractivity contribution in [3.8, 4) is 34.5 Å². The Labute approximate surface area is 278 Å². The minimum absolute atomic E-state index is 0.0889. The number of nitrogens with one attached hydrogen (secondary N) is 1. The van der Waals surface area contributed by atoms with Gasteiger partial charge in [0, 0.05) is 24.4 Å². The van der Waals surface area contributed by atoms with Gasteiger partial charge in [0.2, 0.25) is 0 Å². The van der Waals surface area contributed by atoms with Crippen molar-refractivity contribution in [1.29, 1.82) is 0 Å². The lowest BCUT2D eigenvalue weighted by Gasteiger charge is -2.20. The summed E-state index contributed by atoms with van der Waals surface area (Å²) in [7, 11) is 1.83. The van der Waals surface area contributed by atoms with Crippen LogP contribution in [0, 0.1) is 11.8 Å². The normalized spacial score (nSPS) is 11.8. The van der Waals surface area contributed by atoms with Gasteiger partial charge in [-0.15, -0.1) is 0 Å². The molecule has 48 heavy (non-hydrogen) atoms. The molecule has 3 heterocycles. The molecule has 0 saturated carbocycles. The van der Waals surface area contributed by atoms with Gasteiger partial charge in [-0.05, 0) is 81.3 Å². The molecule has 0 bridgehead atoms. The van der Waals surface area contributed by atoms with E-state index in [4.69, 9.17) is 25.2 Å². The Balaban J connectivity index is 1.22. The molecule has 3 N–H and O–H groups in total. The summed E-state index contributed by atoms with van der Waals surface area (Å²) in [5.41, 5.74) is 10.5. The molecule has 0 unspecified atom stereocenters. The van der Waals surface area contributed by atoms with E-state index >= 15 is 0 Å². The van der Waals surface area contributed by atoms with Gasteiger partial charge in [0.25, 0.3) is 5.56 Å². The molecule has 11 nitrogen and oxygen atoms in total. The number of nitrogens with zero attached hydrogens (tertiary/aromatic N) is 6. The number of hydrogen-bond acceptors (Lipinski definition) is 9. The van der Waals surface area contributed by atoms with Gasteiger partial charge in [0.1, 0.15) is 28.8 Å². The minimum Gasteiger partial charge on any atom is -0.491 e. The second-order valence-corrected chi connectivity index (χ2v) is 11.5. The molecule has 6 rings (SSSR count). The summed E-state index contributed by atoms with van der Waals surface area (Å²) in [4.78, 5) is 28.2. The zero-order valence-corrected chi connectivity index (χ0v) is 27.2. The highest BCUT2D eigenvalue weighted by Gasteiger charge is 2.19. The van der Waals surface area contributed by atoms with Crippen molar-refractivity contribution >= 4 is 16.7 Å². The molecule has 242 valence electrons. The van der Waals surface area contributed by atoms with Crippen LogP contribution >= 0.6 is 0 Å². The number of hydrogen-bond donors (Lipinski definition) is 2. The first-order chi connectivity index (χ1) is 23.3. The second kappa shape index (κ2) is 14.3. The van der Waals surface area contributed by atoms with E-state index in [1.165, 1.54) is 0 Å². The SMILES string of the molecule is CC(C)Oc1ccc(-c2cnc(N)c(COCN[C@@H](C)c3nc4cccc(C#Cc5ccn(C)n5)c4c(=O)n3-c3ccccc3)n2)cc1. The molecule has 6 aromatic rings. The average molecular weight is 641 g/mol. The van der Waals surface area contributed by atoms with Crippen LogP contribution in [0.2, 0.25) is 0 Å². The summed E-state index contributed by atoms with van der Waals surface area (Å²) >= 11 is 0. The Morgan fingerprint density at radius 2 is 1.73 bits per heavy atom. The van der Waals surface area contributed by atoms with E-state index < -0.39 is 0 Å². The van der Waals surface area contributed by atoms with E-state index in [-0.39, 0.29) is 31.0 Å². The van der Waals surface area contributed by atoms with Crippen molar-refractivity contribution < 1.29 is 9.47 Å². The van der Waals surface area contributed by atoms with Gasteiger partial charge in [-0.25, -0.2) is 15.0 Å². The van der Waals surface area contributed by atoms with E-state index in [1.807, 2.05) is 113 Å². The summed E-state index contributed by atoms with van der Waals surface area (Å²) < 4.78 is 15.0. The Morgan fingerprint density at radius 1 is 0.938 bits per heavy atom. The largest absolute Gasteiger partial charge is 0.491 e. The number of benzene rings is 3. The van der Waals surface area contributed by atoms with Crippen LogP contribution in [0.25, 0.3) is 27.8 Å². The summed E-state index contributed by atoms with van der Waals surface area (Å²) in [5, 5.41) is 8.10. The maximum Gasteiger partial charge on any atom is 0.267 e. The smallest absolute Gasteiger partial charge is 0.267 e. The Hall–Kier alpha value is -5.83. The summed E-state index contributed by atoms with van der Waals surface area (Å²) in [6.07, 6.45) is 3.55. The molecule has 0 saturated heterocycles. The van der Waals surface area contributed by atoms with Crippen molar-refractivity contribution in [3.05, 3.63) is 124 Å². The van der Waals surface area contributed by atoms with Crippen molar-refractivity contribution in [2.45, 2.75) is 39.5 Å². The third-order valence-corrected chi connectivity index (χ3v) is 7.49. The monoisotopic (exact) mass is 640 g/mol. The minimum atomic E-state index is -0.369.